The first-order valence-corrected chi connectivity index (χ1v) is 6.32. The molecule has 1 saturated heterocycles. The molecule has 0 unspecified atom stereocenters. The van der Waals surface area contributed by atoms with Crippen molar-refractivity contribution in [1.82, 2.24) is 10.2 Å². The molecule has 4 nitrogen and oxygen atoms in total. The van der Waals surface area contributed by atoms with E-state index < -0.39 is 5.97 Å². The Labute approximate surface area is 98.9 Å². The Morgan fingerprint density at radius 3 is 3.06 bits per heavy atom. The van der Waals surface area contributed by atoms with Gasteiger partial charge in [-0.1, -0.05) is 0 Å². The zero-order valence-corrected chi connectivity index (χ0v) is 9.92. The lowest BCUT2D eigenvalue weighted by atomic mass is 10.3. The molecule has 16 heavy (non-hydrogen) atoms. The molecule has 0 bridgehead atoms. The molecule has 0 saturated carbocycles. The molecule has 1 fully saturated rings. The highest BCUT2D eigenvalue weighted by atomic mass is 32.1. The Bertz CT molecular complexity index is 357. The van der Waals surface area contributed by atoms with Crippen molar-refractivity contribution in [3.63, 3.8) is 0 Å². The molecule has 0 amide bonds. The second-order valence-electron chi connectivity index (χ2n) is 3.95. The van der Waals surface area contributed by atoms with Crippen molar-refractivity contribution in [2.45, 2.75) is 13.0 Å². The Morgan fingerprint density at radius 2 is 2.31 bits per heavy atom. The summed E-state index contributed by atoms with van der Waals surface area (Å²) in [6, 6.07) is 3.62. The van der Waals surface area contributed by atoms with Gasteiger partial charge >= 0.3 is 5.97 Å². The van der Waals surface area contributed by atoms with Crippen LogP contribution in [-0.4, -0.2) is 42.2 Å². The van der Waals surface area contributed by atoms with Crippen molar-refractivity contribution in [3.05, 3.63) is 21.9 Å². The summed E-state index contributed by atoms with van der Waals surface area (Å²) in [6.45, 7) is 5.12. The quantitative estimate of drug-likeness (QED) is 0.834. The lowest BCUT2D eigenvalue weighted by molar-refractivity contribution is 0.0702. The van der Waals surface area contributed by atoms with Crippen molar-refractivity contribution in [2.75, 3.05) is 26.2 Å². The minimum atomic E-state index is -0.825. The van der Waals surface area contributed by atoms with E-state index in [1.54, 1.807) is 6.07 Å². The molecule has 1 aromatic rings. The maximum Gasteiger partial charge on any atom is 0.345 e. The van der Waals surface area contributed by atoms with Gasteiger partial charge in [-0.15, -0.1) is 11.3 Å². The van der Waals surface area contributed by atoms with E-state index in [0.29, 0.717) is 4.88 Å². The molecule has 1 aliphatic heterocycles. The van der Waals surface area contributed by atoms with Gasteiger partial charge in [0.05, 0.1) is 0 Å². The van der Waals surface area contributed by atoms with E-state index in [1.807, 2.05) is 6.07 Å². The molecule has 1 aromatic heterocycles. The van der Waals surface area contributed by atoms with Crippen molar-refractivity contribution >= 4 is 17.3 Å². The van der Waals surface area contributed by atoms with Crippen LogP contribution in [0.5, 0.6) is 0 Å². The maximum absolute atomic E-state index is 10.7. The van der Waals surface area contributed by atoms with Crippen LogP contribution in [0.15, 0.2) is 12.1 Å². The number of hydrogen-bond donors (Lipinski definition) is 2. The van der Waals surface area contributed by atoms with Crippen LogP contribution >= 0.6 is 11.3 Å². The number of nitrogens with one attached hydrogen (secondary N) is 1. The number of carbonyl (C=O) groups is 1. The number of aromatic carboxylic acids is 1. The third-order valence-corrected chi connectivity index (χ3v) is 3.74. The molecule has 0 radical (unpaired) electrons. The van der Waals surface area contributed by atoms with E-state index in [-0.39, 0.29) is 0 Å². The van der Waals surface area contributed by atoms with Crippen LogP contribution in [0.4, 0.5) is 0 Å². The summed E-state index contributed by atoms with van der Waals surface area (Å²) in [4.78, 5) is 14.7. The lowest BCUT2D eigenvalue weighted by Crippen LogP contribution is -2.27. The van der Waals surface area contributed by atoms with Crippen LogP contribution in [0, 0.1) is 0 Å². The van der Waals surface area contributed by atoms with Crippen LogP contribution in [-0.2, 0) is 6.54 Å². The molecule has 0 aliphatic carbocycles. The number of nitrogens with zero attached hydrogens (tertiary/aromatic N) is 1. The second-order valence-corrected chi connectivity index (χ2v) is 5.12. The first-order valence-electron chi connectivity index (χ1n) is 5.51. The summed E-state index contributed by atoms with van der Waals surface area (Å²) in [5, 5.41) is 12.2. The summed E-state index contributed by atoms with van der Waals surface area (Å²) < 4.78 is 0. The molecular formula is C11H16N2O2S. The highest BCUT2D eigenvalue weighted by Gasteiger charge is 2.12. The number of carboxylic acids is 1. The van der Waals surface area contributed by atoms with Crippen molar-refractivity contribution in [1.29, 1.82) is 0 Å². The van der Waals surface area contributed by atoms with Crippen molar-refractivity contribution in [3.8, 4) is 0 Å². The minimum Gasteiger partial charge on any atom is -0.477 e. The van der Waals surface area contributed by atoms with Gasteiger partial charge in [0, 0.05) is 24.5 Å². The normalized spacial score (nSPS) is 18.2. The smallest absolute Gasteiger partial charge is 0.345 e. The predicted molar refractivity (Wildman–Crippen MR) is 64.0 cm³/mol. The van der Waals surface area contributed by atoms with Crippen LogP contribution in [0.25, 0.3) is 0 Å². The molecule has 2 rings (SSSR count). The van der Waals surface area contributed by atoms with Gasteiger partial charge in [-0.05, 0) is 31.6 Å². The third kappa shape index (κ3) is 3.04. The molecule has 2 heterocycles. The highest BCUT2D eigenvalue weighted by molar-refractivity contribution is 7.13. The van der Waals surface area contributed by atoms with Gasteiger partial charge in [-0.2, -0.15) is 0 Å². The zero-order valence-electron chi connectivity index (χ0n) is 9.11. The molecular weight excluding hydrogens is 224 g/mol. The highest BCUT2D eigenvalue weighted by Crippen LogP contribution is 2.18. The Hall–Kier alpha value is -0.910. The summed E-state index contributed by atoms with van der Waals surface area (Å²) in [5.41, 5.74) is 0. The molecule has 1 aliphatic rings. The van der Waals surface area contributed by atoms with E-state index in [4.69, 9.17) is 5.11 Å². The summed E-state index contributed by atoms with van der Waals surface area (Å²) >= 11 is 1.38. The summed E-state index contributed by atoms with van der Waals surface area (Å²) in [5.74, 6) is -0.825. The lowest BCUT2D eigenvalue weighted by Gasteiger charge is -2.17. The standard InChI is InChI=1S/C11H16N2O2S/c14-11(15)10-3-2-9(16-10)8-13-6-1-4-12-5-7-13/h2-3,12H,1,4-8H2,(H,14,15). The first-order chi connectivity index (χ1) is 7.75. The topological polar surface area (TPSA) is 52.6 Å². The van der Waals surface area contributed by atoms with Crippen LogP contribution in [0.2, 0.25) is 0 Å². The fraction of sp³-hybridized carbons (Fsp3) is 0.545. The van der Waals surface area contributed by atoms with E-state index in [0.717, 1.165) is 44.0 Å². The van der Waals surface area contributed by atoms with Gasteiger partial charge in [0.1, 0.15) is 4.88 Å². The molecule has 88 valence electrons. The molecule has 0 spiro atoms. The summed E-state index contributed by atoms with van der Waals surface area (Å²) in [7, 11) is 0. The van der Waals surface area contributed by atoms with E-state index in [9.17, 15) is 4.79 Å². The van der Waals surface area contributed by atoms with Crippen molar-refractivity contribution < 1.29 is 9.90 Å². The van der Waals surface area contributed by atoms with E-state index >= 15 is 0 Å². The molecule has 5 heteroatoms. The maximum atomic E-state index is 10.7. The van der Waals surface area contributed by atoms with Crippen molar-refractivity contribution in [2.24, 2.45) is 0 Å². The zero-order chi connectivity index (χ0) is 11.4. The number of carboxylic acid groups (broad SMARTS) is 1. The van der Waals surface area contributed by atoms with E-state index in [1.165, 1.54) is 11.3 Å². The Kier molecular flexibility index (Phi) is 3.93. The largest absolute Gasteiger partial charge is 0.477 e. The Balaban J connectivity index is 1.94. The van der Waals surface area contributed by atoms with Gasteiger partial charge in [0.25, 0.3) is 0 Å². The average molecular weight is 240 g/mol. The monoisotopic (exact) mass is 240 g/mol. The van der Waals surface area contributed by atoms with Crippen LogP contribution < -0.4 is 5.32 Å². The average Bonchev–Trinajstić information content (AvgIpc) is 2.56. The van der Waals surface area contributed by atoms with Gasteiger partial charge in [-0.3, -0.25) is 4.90 Å². The molecule has 0 aromatic carbocycles. The first kappa shape index (κ1) is 11.6. The predicted octanol–water partition coefficient (Wildman–Crippen LogP) is 1.24. The molecule has 0 atom stereocenters. The minimum absolute atomic E-state index is 0.433. The number of rotatable bonds is 3. The van der Waals surface area contributed by atoms with E-state index in [2.05, 4.69) is 10.2 Å². The SMILES string of the molecule is O=C(O)c1ccc(CN2CCCNCC2)s1. The van der Waals surface area contributed by atoms with Gasteiger partial charge in [0.2, 0.25) is 0 Å². The van der Waals surface area contributed by atoms with Gasteiger partial charge in [-0.25, -0.2) is 4.79 Å². The van der Waals surface area contributed by atoms with Crippen LogP contribution in [0.1, 0.15) is 21.0 Å². The van der Waals surface area contributed by atoms with Gasteiger partial charge in [0.15, 0.2) is 0 Å². The third-order valence-electron chi connectivity index (χ3n) is 2.68. The number of hydrogen-bond acceptors (Lipinski definition) is 4. The number of thiophene rings is 1. The second kappa shape index (κ2) is 5.43. The van der Waals surface area contributed by atoms with Gasteiger partial charge < -0.3 is 10.4 Å². The molecule has 2 N–H and O–H groups in total. The Morgan fingerprint density at radius 1 is 1.44 bits per heavy atom. The fourth-order valence-corrected chi connectivity index (χ4v) is 2.75. The van der Waals surface area contributed by atoms with Crippen LogP contribution in [0.3, 0.4) is 0 Å². The fourth-order valence-electron chi connectivity index (χ4n) is 1.86. The summed E-state index contributed by atoms with van der Waals surface area (Å²) in [6.07, 6.45) is 1.16.